The maximum atomic E-state index is 13.7. The van der Waals surface area contributed by atoms with Gasteiger partial charge in [-0.15, -0.1) is 5.92 Å². The summed E-state index contributed by atoms with van der Waals surface area (Å²) >= 11 is 5.95. The molecule has 20 heavy (non-hydrogen) atoms. The fourth-order valence-corrected chi connectivity index (χ4v) is 1.93. The van der Waals surface area contributed by atoms with Crippen molar-refractivity contribution in [3.05, 3.63) is 51.0 Å². The van der Waals surface area contributed by atoms with Gasteiger partial charge in [0.25, 0.3) is 0 Å². The van der Waals surface area contributed by atoms with Crippen LogP contribution in [0.3, 0.4) is 0 Å². The van der Waals surface area contributed by atoms with Crippen LogP contribution in [0.5, 0.6) is 0 Å². The van der Waals surface area contributed by atoms with Gasteiger partial charge in [0.15, 0.2) is 5.82 Å². The second kappa shape index (κ2) is 6.40. The zero-order valence-corrected chi connectivity index (χ0v) is 11.6. The topological polar surface area (TPSA) is 48.0 Å². The number of nitrogens with zero attached hydrogens (tertiary/aromatic N) is 2. The van der Waals surface area contributed by atoms with Gasteiger partial charge in [0.1, 0.15) is 5.82 Å². The average Bonchev–Trinajstić information content (AvgIpc) is 2.76. The predicted octanol–water partition coefficient (Wildman–Crippen LogP) is 2.63. The highest BCUT2D eigenvalue weighted by molar-refractivity contribution is 6.31. The smallest absolute Gasteiger partial charge is 0.296 e. The fraction of sp³-hybridized carbons (Fsp3) is 0.286. The van der Waals surface area contributed by atoms with Gasteiger partial charge in [-0.2, -0.15) is 0 Å². The van der Waals surface area contributed by atoms with Crippen LogP contribution >= 0.6 is 11.6 Å². The largest absolute Gasteiger partial charge is 0.442 e. The Hall–Kier alpha value is -2.06. The zero-order valence-electron chi connectivity index (χ0n) is 10.8. The van der Waals surface area contributed by atoms with Gasteiger partial charge in [0.05, 0.1) is 6.54 Å². The van der Waals surface area contributed by atoms with Crippen LogP contribution in [0.4, 0.5) is 4.39 Å². The Morgan fingerprint density at radius 2 is 2.25 bits per heavy atom. The number of halogens is 2. The molecule has 2 aromatic rings. The van der Waals surface area contributed by atoms with Gasteiger partial charge in [-0.25, -0.2) is 13.8 Å². The van der Waals surface area contributed by atoms with Crippen LogP contribution in [0.15, 0.2) is 27.5 Å². The molecule has 0 atom stereocenters. The molecular formula is C14H12ClFN2O2. The molecule has 1 heterocycles. The quantitative estimate of drug-likeness (QED) is 0.818. The van der Waals surface area contributed by atoms with Crippen LogP contribution in [0.25, 0.3) is 0 Å². The summed E-state index contributed by atoms with van der Waals surface area (Å²) in [4.78, 5) is 11.5. The van der Waals surface area contributed by atoms with E-state index in [0.717, 1.165) is 0 Å². The summed E-state index contributed by atoms with van der Waals surface area (Å²) in [5, 5.41) is 3.94. The Bertz CT molecular complexity index is 705. The normalized spacial score (nSPS) is 10.2. The van der Waals surface area contributed by atoms with E-state index in [0.29, 0.717) is 12.2 Å². The lowest BCUT2D eigenvalue weighted by atomic mass is 10.1. The molecule has 0 saturated carbocycles. The summed E-state index contributed by atoms with van der Waals surface area (Å²) in [5.74, 6) is 4.91. The number of rotatable bonds is 3. The summed E-state index contributed by atoms with van der Waals surface area (Å²) in [6.07, 6.45) is 0.763. The molecule has 6 heteroatoms. The third kappa shape index (κ3) is 3.09. The fourth-order valence-electron chi connectivity index (χ4n) is 1.70. The molecule has 0 N–H and O–H groups in total. The lowest BCUT2D eigenvalue weighted by Crippen LogP contribution is -2.17. The van der Waals surface area contributed by atoms with E-state index in [4.69, 9.17) is 11.6 Å². The third-order valence-corrected chi connectivity index (χ3v) is 3.05. The molecule has 1 aromatic heterocycles. The maximum Gasteiger partial charge on any atom is 0.442 e. The van der Waals surface area contributed by atoms with E-state index < -0.39 is 11.6 Å². The van der Waals surface area contributed by atoms with E-state index in [1.807, 2.05) is 6.92 Å². The molecule has 0 saturated heterocycles. The third-order valence-electron chi connectivity index (χ3n) is 2.70. The van der Waals surface area contributed by atoms with Gasteiger partial charge in [-0.05, 0) is 12.1 Å². The summed E-state index contributed by atoms with van der Waals surface area (Å²) < 4.78 is 19.6. The summed E-state index contributed by atoms with van der Waals surface area (Å²) in [6.45, 7) is 2.07. The summed E-state index contributed by atoms with van der Waals surface area (Å²) in [5.41, 5.74) is 0.277. The van der Waals surface area contributed by atoms with Crippen LogP contribution in [-0.4, -0.2) is 9.72 Å². The Morgan fingerprint density at radius 3 is 2.95 bits per heavy atom. The number of aromatic nitrogens is 2. The van der Waals surface area contributed by atoms with Crippen molar-refractivity contribution >= 4 is 11.6 Å². The molecule has 0 amide bonds. The average molecular weight is 295 g/mol. The Labute approximate surface area is 120 Å². The molecule has 0 fully saturated rings. The second-order valence-corrected chi connectivity index (χ2v) is 4.44. The van der Waals surface area contributed by atoms with E-state index in [1.165, 1.54) is 16.7 Å². The minimum Gasteiger partial charge on any atom is -0.296 e. The van der Waals surface area contributed by atoms with Gasteiger partial charge in [-0.1, -0.05) is 35.7 Å². The van der Waals surface area contributed by atoms with Crippen molar-refractivity contribution < 1.29 is 8.91 Å². The summed E-state index contributed by atoms with van der Waals surface area (Å²) in [7, 11) is 0. The Morgan fingerprint density at radius 1 is 1.45 bits per heavy atom. The molecule has 104 valence electrons. The first-order chi connectivity index (χ1) is 9.63. The van der Waals surface area contributed by atoms with Gasteiger partial charge in [0.2, 0.25) is 0 Å². The SMILES string of the molecule is CCC#CCn1c(Cc2c(F)cccc2Cl)noc1=O. The molecule has 0 aliphatic heterocycles. The minimum atomic E-state index is -0.613. The Kier molecular flexibility index (Phi) is 4.59. The molecule has 1 aromatic carbocycles. The van der Waals surface area contributed by atoms with Crippen LogP contribution in [0.2, 0.25) is 5.02 Å². The predicted molar refractivity (Wildman–Crippen MR) is 73.0 cm³/mol. The van der Waals surface area contributed by atoms with Crippen LogP contribution in [-0.2, 0) is 13.0 Å². The van der Waals surface area contributed by atoms with E-state index >= 15 is 0 Å². The van der Waals surface area contributed by atoms with Gasteiger partial charge in [0, 0.05) is 23.4 Å². The Balaban J connectivity index is 2.33. The highest BCUT2D eigenvalue weighted by Crippen LogP contribution is 2.21. The molecule has 0 bridgehead atoms. The maximum absolute atomic E-state index is 13.7. The molecule has 2 rings (SSSR count). The molecule has 0 aliphatic carbocycles. The first-order valence-corrected chi connectivity index (χ1v) is 6.45. The molecule has 0 aliphatic rings. The first-order valence-electron chi connectivity index (χ1n) is 6.07. The van der Waals surface area contributed by atoms with Gasteiger partial charge < -0.3 is 0 Å². The number of hydrogen-bond acceptors (Lipinski definition) is 3. The van der Waals surface area contributed by atoms with E-state index in [-0.39, 0.29) is 23.6 Å². The minimum absolute atomic E-state index is 0.0745. The van der Waals surface area contributed by atoms with Crippen molar-refractivity contribution in [2.75, 3.05) is 0 Å². The van der Waals surface area contributed by atoms with E-state index in [1.54, 1.807) is 6.07 Å². The number of hydrogen-bond donors (Lipinski definition) is 0. The van der Waals surface area contributed by atoms with Crippen molar-refractivity contribution in [3.63, 3.8) is 0 Å². The van der Waals surface area contributed by atoms with Crippen LogP contribution in [0, 0.1) is 17.7 Å². The molecule has 4 nitrogen and oxygen atoms in total. The molecule has 0 unspecified atom stereocenters. The van der Waals surface area contributed by atoms with Crippen LogP contribution < -0.4 is 5.76 Å². The lowest BCUT2D eigenvalue weighted by Gasteiger charge is -2.04. The van der Waals surface area contributed by atoms with Gasteiger partial charge >= 0.3 is 5.76 Å². The monoisotopic (exact) mass is 294 g/mol. The van der Waals surface area contributed by atoms with Crippen molar-refractivity contribution in [2.24, 2.45) is 0 Å². The van der Waals surface area contributed by atoms with Crippen LogP contribution in [0.1, 0.15) is 24.7 Å². The van der Waals surface area contributed by atoms with Crippen molar-refractivity contribution in [1.82, 2.24) is 9.72 Å². The zero-order chi connectivity index (χ0) is 14.5. The van der Waals surface area contributed by atoms with Crippen molar-refractivity contribution in [3.8, 4) is 11.8 Å². The first kappa shape index (κ1) is 14.4. The molecule has 0 radical (unpaired) electrons. The van der Waals surface area contributed by atoms with Gasteiger partial charge in [-0.3, -0.25) is 4.52 Å². The number of benzene rings is 1. The second-order valence-electron chi connectivity index (χ2n) is 4.03. The van der Waals surface area contributed by atoms with E-state index in [2.05, 4.69) is 21.5 Å². The highest BCUT2D eigenvalue weighted by Gasteiger charge is 2.14. The lowest BCUT2D eigenvalue weighted by molar-refractivity contribution is 0.375. The summed E-state index contributed by atoms with van der Waals surface area (Å²) in [6, 6.07) is 4.41. The van der Waals surface area contributed by atoms with Crippen molar-refractivity contribution in [2.45, 2.75) is 26.3 Å². The molecular weight excluding hydrogens is 283 g/mol. The molecule has 0 spiro atoms. The van der Waals surface area contributed by atoms with E-state index in [9.17, 15) is 9.18 Å². The highest BCUT2D eigenvalue weighted by atomic mass is 35.5. The van der Waals surface area contributed by atoms with Crippen molar-refractivity contribution in [1.29, 1.82) is 0 Å². The standard InChI is InChI=1S/C14H12ClFN2O2/c1-2-3-4-8-18-13(17-20-14(18)19)9-10-11(15)6-5-7-12(10)16/h5-7H,2,8-9H2,1H3.